The zero-order valence-electron chi connectivity index (χ0n) is 16.7. The van der Waals surface area contributed by atoms with E-state index >= 15 is 0 Å². The molecule has 0 bridgehead atoms. The van der Waals surface area contributed by atoms with Gasteiger partial charge in [0.05, 0.1) is 10.9 Å². The highest BCUT2D eigenvalue weighted by Gasteiger charge is 2.09. The van der Waals surface area contributed by atoms with Gasteiger partial charge < -0.3 is 10.1 Å². The van der Waals surface area contributed by atoms with Gasteiger partial charge in [0, 0.05) is 16.8 Å². The Hall–Kier alpha value is -3.19. The van der Waals surface area contributed by atoms with E-state index in [9.17, 15) is 9.59 Å². The number of amides is 2. The van der Waals surface area contributed by atoms with E-state index in [1.165, 1.54) is 0 Å². The molecule has 6 nitrogen and oxygen atoms in total. The first-order chi connectivity index (χ1) is 14.4. The summed E-state index contributed by atoms with van der Waals surface area (Å²) in [5.41, 5.74) is 4.72. The summed E-state index contributed by atoms with van der Waals surface area (Å²) in [5, 5.41) is 8.90. The molecule has 30 heavy (non-hydrogen) atoms. The van der Waals surface area contributed by atoms with Crippen molar-refractivity contribution in [2.24, 2.45) is 5.10 Å². The van der Waals surface area contributed by atoms with Gasteiger partial charge in [-0.3, -0.25) is 9.59 Å². The fraction of sp³-hybridized carbons (Fsp3) is 0.174. The molecule has 0 aliphatic heterocycles. The molecule has 3 aromatic rings. The minimum Gasteiger partial charge on any atom is -0.483 e. The van der Waals surface area contributed by atoms with Crippen LogP contribution < -0.4 is 15.5 Å². The maximum Gasteiger partial charge on any atom is 0.277 e. The van der Waals surface area contributed by atoms with E-state index in [2.05, 4.69) is 31.8 Å². The second-order valence-electron chi connectivity index (χ2n) is 6.86. The van der Waals surface area contributed by atoms with Crippen molar-refractivity contribution < 1.29 is 14.3 Å². The molecular formula is C23H22BrN3O3. The molecule has 0 aromatic heterocycles. The Morgan fingerprint density at radius 3 is 2.60 bits per heavy atom. The summed E-state index contributed by atoms with van der Waals surface area (Å²) < 4.78 is 6.26. The fourth-order valence-corrected chi connectivity index (χ4v) is 3.46. The summed E-state index contributed by atoms with van der Waals surface area (Å²) in [6.07, 6.45) is 0.0634. The van der Waals surface area contributed by atoms with Crippen molar-refractivity contribution in [2.75, 3.05) is 11.9 Å². The molecule has 2 N–H and O–H groups in total. The number of hydrogen-bond acceptors (Lipinski definition) is 4. The van der Waals surface area contributed by atoms with Gasteiger partial charge in [-0.15, -0.1) is 0 Å². The quantitative estimate of drug-likeness (QED) is 0.386. The number of anilines is 1. The maximum atomic E-state index is 12.4. The summed E-state index contributed by atoms with van der Waals surface area (Å²) in [7, 11) is 0. The lowest BCUT2D eigenvalue weighted by molar-refractivity contribution is -0.123. The maximum absolute atomic E-state index is 12.4. The molecule has 0 atom stereocenters. The normalized spacial score (nSPS) is 11.2. The molecule has 3 aromatic carbocycles. The van der Waals surface area contributed by atoms with Gasteiger partial charge in [0.2, 0.25) is 5.91 Å². The smallest absolute Gasteiger partial charge is 0.277 e. The van der Waals surface area contributed by atoms with Crippen LogP contribution >= 0.6 is 15.9 Å². The van der Waals surface area contributed by atoms with E-state index in [1.807, 2.05) is 61.5 Å². The van der Waals surface area contributed by atoms with Crippen molar-refractivity contribution in [3.63, 3.8) is 0 Å². The van der Waals surface area contributed by atoms with Crippen LogP contribution in [-0.2, 0) is 9.59 Å². The molecule has 0 saturated carbocycles. The number of carbonyl (C=O) groups is 2. The van der Waals surface area contributed by atoms with Crippen LogP contribution in [0.3, 0.4) is 0 Å². The molecule has 0 heterocycles. The average Bonchev–Trinajstić information content (AvgIpc) is 2.72. The summed E-state index contributed by atoms with van der Waals surface area (Å²) in [6.45, 7) is 3.47. The lowest BCUT2D eigenvalue weighted by atomic mass is 10.1. The topological polar surface area (TPSA) is 79.8 Å². The van der Waals surface area contributed by atoms with E-state index in [0.29, 0.717) is 11.5 Å². The van der Waals surface area contributed by atoms with Crippen molar-refractivity contribution in [3.8, 4) is 5.75 Å². The molecule has 0 aliphatic rings. The van der Waals surface area contributed by atoms with E-state index in [1.54, 1.807) is 13.0 Å². The number of rotatable bonds is 7. The second kappa shape index (κ2) is 10.0. The first-order valence-corrected chi connectivity index (χ1v) is 10.2. The average molecular weight is 468 g/mol. The van der Waals surface area contributed by atoms with Crippen LogP contribution in [0.15, 0.2) is 70.2 Å². The standard InChI is InChI=1S/C23H22BrN3O3/c1-15-10-11-21(19(24)12-15)30-14-23(29)27-26-16(2)13-22(28)25-20-9-5-7-17-6-3-4-8-18(17)20/h3-12H,13-14H2,1-2H3,(H,25,28)(H,27,29)/b26-16-. The minimum atomic E-state index is -0.406. The first kappa shape index (κ1) is 21.5. The fourth-order valence-electron chi connectivity index (χ4n) is 2.86. The van der Waals surface area contributed by atoms with Crippen molar-refractivity contribution in [1.29, 1.82) is 0 Å². The molecule has 2 amide bonds. The van der Waals surface area contributed by atoms with Crippen molar-refractivity contribution in [3.05, 3.63) is 70.7 Å². The van der Waals surface area contributed by atoms with Crippen LogP contribution in [0.4, 0.5) is 5.69 Å². The SMILES string of the molecule is C/C(CC(=O)Nc1cccc2ccccc12)=N/NC(=O)COc1ccc(C)cc1Br. The summed E-state index contributed by atoms with van der Waals surface area (Å²) in [6, 6.07) is 19.2. The predicted octanol–water partition coefficient (Wildman–Crippen LogP) is 4.81. The van der Waals surface area contributed by atoms with E-state index in [-0.39, 0.29) is 18.9 Å². The zero-order chi connectivity index (χ0) is 21.5. The van der Waals surface area contributed by atoms with Crippen LogP contribution in [0.5, 0.6) is 5.75 Å². The molecule has 3 rings (SSSR count). The van der Waals surface area contributed by atoms with Crippen LogP contribution in [0, 0.1) is 6.92 Å². The van der Waals surface area contributed by atoms with Crippen LogP contribution in [-0.4, -0.2) is 24.1 Å². The second-order valence-corrected chi connectivity index (χ2v) is 7.71. The zero-order valence-corrected chi connectivity index (χ0v) is 18.3. The van der Waals surface area contributed by atoms with Crippen LogP contribution in [0.2, 0.25) is 0 Å². The highest BCUT2D eigenvalue weighted by atomic mass is 79.9. The highest BCUT2D eigenvalue weighted by Crippen LogP contribution is 2.25. The summed E-state index contributed by atoms with van der Waals surface area (Å²) in [4.78, 5) is 24.3. The predicted molar refractivity (Wildman–Crippen MR) is 123 cm³/mol. The number of nitrogens with zero attached hydrogens (tertiary/aromatic N) is 1. The molecule has 0 radical (unpaired) electrons. The number of hydrogen-bond donors (Lipinski definition) is 2. The van der Waals surface area contributed by atoms with Gasteiger partial charge >= 0.3 is 0 Å². The van der Waals surface area contributed by atoms with Gasteiger partial charge in [-0.25, -0.2) is 5.43 Å². The molecule has 0 fully saturated rings. The Bertz CT molecular complexity index is 1110. The monoisotopic (exact) mass is 467 g/mol. The lowest BCUT2D eigenvalue weighted by Gasteiger charge is -2.09. The highest BCUT2D eigenvalue weighted by molar-refractivity contribution is 9.10. The Kier molecular flexibility index (Phi) is 7.19. The van der Waals surface area contributed by atoms with Crippen molar-refractivity contribution in [2.45, 2.75) is 20.3 Å². The number of benzene rings is 3. The Balaban J connectivity index is 1.50. The Morgan fingerprint density at radius 1 is 1.03 bits per heavy atom. The van der Waals surface area contributed by atoms with Gasteiger partial charge in [0.15, 0.2) is 6.61 Å². The van der Waals surface area contributed by atoms with Gasteiger partial charge in [-0.2, -0.15) is 5.10 Å². The Labute approximate surface area is 183 Å². The third-order valence-electron chi connectivity index (χ3n) is 4.30. The number of nitrogens with one attached hydrogen (secondary N) is 2. The van der Waals surface area contributed by atoms with Gasteiger partial charge in [-0.05, 0) is 58.9 Å². The van der Waals surface area contributed by atoms with Crippen LogP contribution in [0.1, 0.15) is 18.9 Å². The number of ether oxygens (including phenoxy) is 1. The number of halogens is 1. The van der Waals surface area contributed by atoms with Gasteiger partial charge in [0.25, 0.3) is 5.91 Å². The molecule has 0 unspecified atom stereocenters. The molecule has 0 aliphatic carbocycles. The number of fused-ring (bicyclic) bond motifs is 1. The molecule has 0 spiro atoms. The van der Waals surface area contributed by atoms with Crippen molar-refractivity contribution >= 4 is 49.9 Å². The first-order valence-electron chi connectivity index (χ1n) is 9.41. The van der Waals surface area contributed by atoms with E-state index in [4.69, 9.17) is 4.74 Å². The van der Waals surface area contributed by atoms with E-state index < -0.39 is 5.91 Å². The minimum absolute atomic E-state index is 0.0634. The Morgan fingerprint density at radius 2 is 1.80 bits per heavy atom. The largest absolute Gasteiger partial charge is 0.483 e. The summed E-state index contributed by atoms with van der Waals surface area (Å²) >= 11 is 3.40. The number of carbonyl (C=O) groups excluding carboxylic acids is 2. The molecule has 7 heteroatoms. The molecular weight excluding hydrogens is 446 g/mol. The summed E-state index contributed by atoms with van der Waals surface area (Å²) in [5.74, 6) is -0.0381. The van der Waals surface area contributed by atoms with Gasteiger partial charge in [0.1, 0.15) is 5.75 Å². The third-order valence-corrected chi connectivity index (χ3v) is 4.92. The number of aryl methyl sites for hydroxylation is 1. The number of hydrazone groups is 1. The molecule has 0 saturated heterocycles. The van der Waals surface area contributed by atoms with Crippen molar-refractivity contribution in [1.82, 2.24) is 5.43 Å². The molecule has 154 valence electrons. The van der Waals surface area contributed by atoms with E-state index in [0.717, 1.165) is 26.5 Å². The van der Waals surface area contributed by atoms with Crippen LogP contribution in [0.25, 0.3) is 10.8 Å². The third kappa shape index (κ3) is 5.90. The lowest BCUT2D eigenvalue weighted by Crippen LogP contribution is -2.26. The van der Waals surface area contributed by atoms with Gasteiger partial charge in [-0.1, -0.05) is 42.5 Å².